The van der Waals surface area contributed by atoms with E-state index in [-0.39, 0.29) is 19.0 Å². The Morgan fingerprint density at radius 1 is 1.20 bits per heavy atom. The fraction of sp³-hybridized carbons (Fsp3) is 0.375. The number of rotatable bonds is 7. The van der Waals surface area contributed by atoms with Crippen LogP contribution < -0.4 is 10.6 Å². The van der Waals surface area contributed by atoms with Crippen molar-refractivity contribution in [1.29, 1.82) is 0 Å². The van der Waals surface area contributed by atoms with Crippen LogP contribution in [0.3, 0.4) is 0 Å². The summed E-state index contributed by atoms with van der Waals surface area (Å²) in [7, 11) is 0. The number of halogens is 1. The second kappa shape index (κ2) is 9.16. The number of carbonyl (C=O) groups excluding carboxylic acids is 4. The summed E-state index contributed by atoms with van der Waals surface area (Å²) in [4.78, 5) is 47.8. The largest absolute Gasteiger partial charge is 0.454 e. The first-order valence-corrected chi connectivity index (χ1v) is 8.49. The monoisotopic (exact) mass is 411 g/mol. The summed E-state index contributed by atoms with van der Waals surface area (Å²) < 4.78 is 5.52. The van der Waals surface area contributed by atoms with E-state index < -0.39 is 24.4 Å². The quantitative estimate of drug-likeness (QED) is 0.641. The number of para-hydroxylation sites is 1. The number of hydrogen-bond donors (Lipinski definition) is 2. The predicted octanol–water partition coefficient (Wildman–Crippen LogP) is 0.669. The molecule has 0 unspecified atom stereocenters. The molecule has 0 radical (unpaired) electrons. The van der Waals surface area contributed by atoms with Crippen LogP contribution in [-0.2, 0) is 23.9 Å². The maximum Gasteiger partial charge on any atom is 0.326 e. The average molecular weight is 412 g/mol. The van der Waals surface area contributed by atoms with Gasteiger partial charge in [-0.3, -0.25) is 19.2 Å². The van der Waals surface area contributed by atoms with Gasteiger partial charge < -0.3 is 20.3 Å². The molecule has 8 nitrogen and oxygen atoms in total. The lowest BCUT2D eigenvalue weighted by atomic mass is 10.3. The minimum atomic E-state index is -0.650. The van der Waals surface area contributed by atoms with E-state index in [2.05, 4.69) is 26.6 Å². The van der Waals surface area contributed by atoms with Crippen LogP contribution >= 0.6 is 15.9 Å². The van der Waals surface area contributed by atoms with Gasteiger partial charge in [0.1, 0.15) is 6.54 Å². The Hall–Kier alpha value is -2.42. The molecule has 1 aromatic carbocycles. The van der Waals surface area contributed by atoms with Gasteiger partial charge >= 0.3 is 5.97 Å². The van der Waals surface area contributed by atoms with E-state index in [4.69, 9.17) is 4.74 Å². The van der Waals surface area contributed by atoms with Crippen molar-refractivity contribution in [3.8, 4) is 0 Å². The minimum absolute atomic E-state index is 0.0925. The predicted molar refractivity (Wildman–Crippen MR) is 92.6 cm³/mol. The molecule has 2 rings (SSSR count). The summed E-state index contributed by atoms with van der Waals surface area (Å²) >= 11 is 3.30. The number of benzene rings is 1. The molecule has 1 aliphatic rings. The van der Waals surface area contributed by atoms with Gasteiger partial charge in [-0.2, -0.15) is 0 Å². The average Bonchev–Trinajstić information content (AvgIpc) is 2.98. The molecule has 1 aliphatic heterocycles. The Balaban J connectivity index is 1.65. The summed E-state index contributed by atoms with van der Waals surface area (Å²) in [5.74, 6) is -1.74. The van der Waals surface area contributed by atoms with Gasteiger partial charge in [0.05, 0.1) is 12.2 Å². The number of likely N-dealkylation sites (tertiary alicyclic amines) is 1. The molecule has 0 spiro atoms. The number of hydrogen-bond acceptors (Lipinski definition) is 5. The fourth-order valence-corrected chi connectivity index (χ4v) is 2.59. The topological polar surface area (TPSA) is 105 Å². The lowest BCUT2D eigenvalue weighted by Gasteiger charge is -2.14. The molecule has 3 amide bonds. The molecule has 2 N–H and O–H groups in total. The van der Waals surface area contributed by atoms with Crippen LogP contribution in [0.1, 0.15) is 12.8 Å². The second-order valence-electron chi connectivity index (χ2n) is 5.38. The summed E-state index contributed by atoms with van der Waals surface area (Å²) in [6.07, 6.45) is 1.15. The number of nitrogens with zero attached hydrogens (tertiary/aromatic N) is 1. The molecule has 9 heteroatoms. The Morgan fingerprint density at radius 3 is 2.64 bits per heavy atom. The second-order valence-corrected chi connectivity index (χ2v) is 6.24. The standard InChI is InChI=1S/C16H18BrN3O5/c17-11-4-1-2-5-12(11)19-13(21)8-18-14(22)10-25-16(24)9-20-7-3-6-15(20)23/h1-2,4-5H,3,6-10H2,(H,18,22)(H,19,21). The highest BCUT2D eigenvalue weighted by Gasteiger charge is 2.23. The highest BCUT2D eigenvalue weighted by Crippen LogP contribution is 2.20. The summed E-state index contributed by atoms with van der Waals surface area (Å²) in [6, 6.07) is 7.07. The van der Waals surface area contributed by atoms with Gasteiger partial charge in [-0.05, 0) is 34.5 Å². The van der Waals surface area contributed by atoms with Gasteiger partial charge in [0.15, 0.2) is 6.61 Å². The Bertz CT molecular complexity index is 679. The molecule has 0 aromatic heterocycles. The minimum Gasteiger partial charge on any atom is -0.454 e. The first-order valence-electron chi connectivity index (χ1n) is 7.70. The van der Waals surface area contributed by atoms with E-state index in [1.54, 1.807) is 18.2 Å². The van der Waals surface area contributed by atoms with Crippen molar-refractivity contribution in [3.63, 3.8) is 0 Å². The third-order valence-corrected chi connectivity index (χ3v) is 4.14. The zero-order chi connectivity index (χ0) is 18.2. The van der Waals surface area contributed by atoms with Gasteiger partial charge in [-0.25, -0.2) is 0 Å². The first-order chi connectivity index (χ1) is 12.0. The molecule has 1 heterocycles. The number of nitrogens with one attached hydrogen (secondary N) is 2. The van der Waals surface area contributed by atoms with Crippen LogP contribution in [0.25, 0.3) is 0 Å². The van der Waals surface area contributed by atoms with Gasteiger partial charge in [-0.1, -0.05) is 12.1 Å². The first kappa shape index (κ1) is 18.9. The Labute approximate surface area is 153 Å². The Morgan fingerprint density at radius 2 is 1.96 bits per heavy atom. The van der Waals surface area contributed by atoms with E-state index in [9.17, 15) is 19.2 Å². The third kappa shape index (κ3) is 6.18. The molecule has 0 saturated carbocycles. The van der Waals surface area contributed by atoms with Gasteiger partial charge in [0.25, 0.3) is 5.91 Å². The zero-order valence-corrected chi connectivity index (χ0v) is 15.0. The molecule has 1 aromatic rings. The molecular weight excluding hydrogens is 394 g/mol. The molecular formula is C16H18BrN3O5. The van der Waals surface area contributed by atoms with Crippen molar-refractivity contribution in [2.75, 3.05) is 31.6 Å². The molecule has 0 bridgehead atoms. The summed E-state index contributed by atoms with van der Waals surface area (Å²) in [6.45, 7) is -0.379. The molecule has 1 fully saturated rings. The van der Waals surface area contributed by atoms with Crippen molar-refractivity contribution < 1.29 is 23.9 Å². The highest BCUT2D eigenvalue weighted by atomic mass is 79.9. The van der Waals surface area contributed by atoms with Crippen molar-refractivity contribution in [2.45, 2.75) is 12.8 Å². The van der Waals surface area contributed by atoms with E-state index in [1.165, 1.54) is 4.90 Å². The molecule has 0 atom stereocenters. The lowest BCUT2D eigenvalue weighted by molar-refractivity contribution is -0.151. The Kier molecular flexibility index (Phi) is 6.93. The van der Waals surface area contributed by atoms with E-state index in [0.29, 0.717) is 18.7 Å². The van der Waals surface area contributed by atoms with Crippen LogP contribution in [0.4, 0.5) is 5.69 Å². The van der Waals surface area contributed by atoms with Crippen LogP contribution in [0.15, 0.2) is 28.7 Å². The molecule has 25 heavy (non-hydrogen) atoms. The van der Waals surface area contributed by atoms with Crippen molar-refractivity contribution >= 4 is 45.3 Å². The number of anilines is 1. The lowest BCUT2D eigenvalue weighted by Crippen LogP contribution is -2.37. The van der Waals surface area contributed by atoms with Gasteiger partial charge in [0, 0.05) is 17.4 Å². The number of carbonyl (C=O) groups is 4. The summed E-state index contributed by atoms with van der Waals surface area (Å²) in [5, 5.41) is 4.99. The van der Waals surface area contributed by atoms with Gasteiger partial charge in [-0.15, -0.1) is 0 Å². The van der Waals surface area contributed by atoms with Crippen molar-refractivity contribution in [3.05, 3.63) is 28.7 Å². The molecule has 134 valence electrons. The van der Waals surface area contributed by atoms with Crippen LogP contribution in [0.5, 0.6) is 0 Å². The van der Waals surface area contributed by atoms with Crippen molar-refractivity contribution in [1.82, 2.24) is 10.2 Å². The van der Waals surface area contributed by atoms with E-state index in [0.717, 1.165) is 10.9 Å². The summed E-state index contributed by atoms with van der Waals surface area (Å²) in [5.41, 5.74) is 0.587. The fourth-order valence-electron chi connectivity index (χ4n) is 2.21. The van der Waals surface area contributed by atoms with Crippen LogP contribution in [-0.4, -0.2) is 54.8 Å². The smallest absolute Gasteiger partial charge is 0.326 e. The normalized spacial score (nSPS) is 13.5. The number of ether oxygens (including phenoxy) is 1. The zero-order valence-electron chi connectivity index (χ0n) is 13.4. The number of amides is 3. The highest BCUT2D eigenvalue weighted by molar-refractivity contribution is 9.10. The SMILES string of the molecule is O=C(COC(=O)CN1CCCC1=O)NCC(=O)Nc1ccccc1Br. The molecule has 0 aliphatic carbocycles. The maximum absolute atomic E-state index is 11.8. The van der Waals surface area contributed by atoms with Crippen LogP contribution in [0, 0.1) is 0 Å². The van der Waals surface area contributed by atoms with Crippen LogP contribution in [0.2, 0.25) is 0 Å². The third-order valence-electron chi connectivity index (χ3n) is 3.45. The van der Waals surface area contributed by atoms with Crippen molar-refractivity contribution in [2.24, 2.45) is 0 Å². The number of esters is 1. The maximum atomic E-state index is 11.8. The van der Waals surface area contributed by atoms with E-state index >= 15 is 0 Å². The molecule has 1 saturated heterocycles. The van der Waals surface area contributed by atoms with Gasteiger partial charge in [0.2, 0.25) is 11.8 Å². The van der Waals surface area contributed by atoms with E-state index in [1.807, 2.05) is 6.07 Å².